The van der Waals surface area contributed by atoms with Crippen molar-refractivity contribution in [3.8, 4) is 22.3 Å². The topological polar surface area (TPSA) is 102 Å². The Morgan fingerprint density at radius 1 is 0.245 bits per heavy atom. The van der Waals surface area contributed by atoms with Crippen molar-refractivity contribution in [2.75, 3.05) is 26.2 Å². The molecular weight excluding hydrogens is 1340 g/mol. The van der Waals surface area contributed by atoms with E-state index >= 15 is 0 Å². The highest BCUT2D eigenvalue weighted by molar-refractivity contribution is 5.89. The van der Waals surface area contributed by atoms with Crippen LogP contribution in [0.25, 0.3) is 22.3 Å². The molecule has 5 unspecified atom stereocenters. The lowest BCUT2D eigenvalue weighted by Gasteiger charge is -2.47. The molecule has 14 aliphatic rings. The van der Waals surface area contributed by atoms with E-state index in [0.29, 0.717) is 0 Å². The van der Waals surface area contributed by atoms with E-state index in [1.165, 1.54) is 156 Å². The number of pyridine rings is 3. The highest BCUT2D eigenvalue weighted by Crippen LogP contribution is 2.64. The van der Waals surface area contributed by atoms with Gasteiger partial charge in [0.25, 0.3) is 22.7 Å². The van der Waals surface area contributed by atoms with Crippen LogP contribution >= 0.6 is 0 Å². The van der Waals surface area contributed by atoms with Gasteiger partial charge in [0.1, 0.15) is 0 Å². The van der Waals surface area contributed by atoms with Gasteiger partial charge in [0, 0.05) is 82.6 Å². The largest absolute Gasteiger partial charge is 0.434 e. The zero-order chi connectivity index (χ0) is 80.5. The number of hydrogen-bond donors (Lipinski definition) is 4. The third-order valence-corrected chi connectivity index (χ3v) is 23.0. The second-order valence-corrected chi connectivity index (χ2v) is 26.0. The molecule has 0 saturated carbocycles. The van der Waals surface area contributed by atoms with E-state index in [1.54, 1.807) is 11.1 Å². The fourth-order valence-electron chi connectivity index (χ4n) is 20.9. The van der Waals surface area contributed by atoms with Crippen molar-refractivity contribution >= 4 is 0 Å². The van der Waals surface area contributed by atoms with Crippen LogP contribution in [0.4, 0.5) is 0 Å². The first-order chi connectivity index (χ1) is 54.6. The minimum Gasteiger partial charge on any atom is -0.264 e. The van der Waals surface area contributed by atoms with Crippen molar-refractivity contribution in [3.05, 3.63) is 286 Å². The molecule has 0 radical (unpaired) electrons. The van der Waals surface area contributed by atoms with Gasteiger partial charge in [0.15, 0.2) is 36.6 Å². The maximum Gasteiger partial charge on any atom is 0.434 e. The predicted octanol–water partition coefficient (Wildman–Crippen LogP) is 19.8. The summed E-state index contributed by atoms with van der Waals surface area (Å²) in [5.41, 5.74) is 39.0. The van der Waals surface area contributed by atoms with Gasteiger partial charge in [-0.25, -0.2) is 21.3 Å². The van der Waals surface area contributed by atoms with Crippen LogP contribution in [0.5, 0.6) is 0 Å². The Balaban J connectivity index is 0.000000193. The maximum absolute atomic E-state index is 4.73. The number of hydrogen-bond acceptors (Lipinski definition) is 7. The van der Waals surface area contributed by atoms with Crippen molar-refractivity contribution in [1.29, 1.82) is 0 Å². The van der Waals surface area contributed by atoms with Crippen molar-refractivity contribution in [2.45, 2.75) is 280 Å². The first-order valence-electron chi connectivity index (χ1n) is 44.2. The van der Waals surface area contributed by atoms with E-state index in [0.717, 1.165) is 77.5 Å². The van der Waals surface area contributed by atoms with Crippen molar-refractivity contribution < 1.29 is 18.3 Å². The van der Waals surface area contributed by atoms with Gasteiger partial charge in [-0.05, 0) is 143 Å². The quantitative estimate of drug-likeness (QED) is 0.112. The van der Waals surface area contributed by atoms with Gasteiger partial charge >= 0.3 is 11.6 Å². The van der Waals surface area contributed by atoms with E-state index in [2.05, 4.69) is 180 Å². The van der Waals surface area contributed by atoms with Gasteiger partial charge in [-0.2, -0.15) is 0 Å². The minimum atomic E-state index is -0.439. The van der Waals surface area contributed by atoms with Crippen LogP contribution in [-0.4, -0.2) is 41.1 Å². The predicted molar refractivity (Wildman–Crippen MR) is 460 cm³/mol. The van der Waals surface area contributed by atoms with E-state index in [-0.39, 0.29) is 11.8 Å². The van der Waals surface area contributed by atoms with Crippen LogP contribution in [0.15, 0.2) is 141 Å². The first-order valence-corrected chi connectivity index (χ1v) is 44.2. The molecule has 0 amide bonds. The summed E-state index contributed by atoms with van der Waals surface area (Å²) in [5.74, 6) is 3.21. The monoisotopic (exact) mass is 1480 g/mol. The maximum atomic E-state index is 4.73. The molecule has 110 heavy (non-hydrogen) atoms. The number of fused-ring (bicyclic) bond motifs is 2. The molecule has 0 saturated heterocycles. The zero-order valence-corrected chi connectivity index (χ0v) is 73.0. The molecule has 584 valence electrons. The van der Waals surface area contributed by atoms with Gasteiger partial charge in [0.2, 0.25) is 0 Å². The van der Waals surface area contributed by atoms with Crippen LogP contribution in [0.1, 0.15) is 351 Å². The summed E-state index contributed by atoms with van der Waals surface area (Å²) >= 11 is 0. The van der Waals surface area contributed by atoms with Crippen molar-refractivity contribution in [1.82, 2.24) is 36.2 Å². The SMILES string of the molecule is CC.CC.CC.CC.CC.CC.CC.CC.CC.CC.CC.CC.CC.CC.c1c[n+]2c3[n+](c1)C14NCCc5cncc(c51)Cc1ccc5c(c14)C3c1c-5ccc3c1C21NCCc2cncc(c21)C3.c1cc2c3c(c1)Cc1ccc4c5c1C3(NCC2)[n+]1ccc[n+]2c1C5c1c-4ccc3c1C21NCCc2cncc(c21)C3. The molecule has 24 rings (SSSR count). The Morgan fingerprint density at radius 2 is 0.464 bits per heavy atom. The van der Waals surface area contributed by atoms with Gasteiger partial charge in [-0.3, -0.25) is 15.0 Å². The van der Waals surface area contributed by atoms with Gasteiger partial charge in [0.05, 0.1) is 56.6 Å². The molecule has 5 aromatic heterocycles. The number of nitrogens with zero attached hydrogens (tertiary/aromatic N) is 7. The van der Waals surface area contributed by atoms with E-state index in [1.807, 2.05) is 194 Å². The van der Waals surface area contributed by atoms with Crippen LogP contribution in [0.2, 0.25) is 0 Å². The summed E-state index contributed by atoms with van der Waals surface area (Å²) in [5, 5.41) is 16.7. The smallest absolute Gasteiger partial charge is 0.264 e. The van der Waals surface area contributed by atoms with Gasteiger partial charge < -0.3 is 0 Å². The molecule has 5 aromatic carbocycles. The van der Waals surface area contributed by atoms with Crippen LogP contribution in [-0.2, 0) is 74.0 Å². The molecule has 0 bridgehead atoms. The highest BCUT2D eigenvalue weighted by atomic mass is 15.4. The van der Waals surface area contributed by atoms with Gasteiger partial charge in [-0.1, -0.05) is 261 Å². The summed E-state index contributed by atoms with van der Waals surface area (Å²) < 4.78 is 10.6. The summed E-state index contributed by atoms with van der Waals surface area (Å²) in [6, 6.07) is 31.1. The Morgan fingerprint density at radius 3 is 0.736 bits per heavy atom. The summed E-state index contributed by atoms with van der Waals surface area (Å²) in [7, 11) is 0. The molecule has 8 aliphatic heterocycles. The van der Waals surface area contributed by atoms with E-state index < -0.39 is 22.7 Å². The van der Waals surface area contributed by atoms with Gasteiger partial charge in [-0.15, -0.1) is 18.3 Å². The Labute approximate surface area is 664 Å². The van der Waals surface area contributed by atoms with Crippen molar-refractivity contribution in [3.63, 3.8) is 0 Å². The van der Waals surface area contributed by atoms with Crippen molar-refractivity contribution in [2.24, 2.45) is 0 Å². The fraction of sp³-hybridized carbons (Fsp3) is 0.465. The van der Waals surface area contributed by atoms with Crippen LogP contribution < -0.4 is 39.5 Å². The molecule has 0 fully saturated rings. The second-order valence-electron chi connectivity index (χ2n) is 26.0. The lowest BCUT2D eigenvalue weighted by atomic mass is 9.65. The van der Waals surface area contributed by atoms with Crippen LogP contribution in [0.3, 0.4) is 0 Å². The molecule has 6 aliphatic carbocycles. The third-order valence-electron chi connectivity index (χ3n) is 23.0. The number of benzene rings is 5. The summed E-state index contributed by atoms with van der Waals surface area (Å²) in [6.07, 6.45) is 30.2. The third kappa shape index (κ3) is 11.4. The normalized spacial score (nSPS) is 20.7. The standard InChI is InChI=1S/C36H27N5.C35H26N6.14C2H6/c1-3-19-9-11-38-35-30(19)20(4-1)15-21-5-7-25-26-8-6-22-16-24-18-37-17-23-10-12-39-36(31(23)24)33(22)28(26)29(27(25)32(21)35)34-40(35)13-2-14-41(34)36;1-10-40-33-28-26-24(4-2-18-12-22-16-36-14-20-6-8-38-34(40,29(20)22)31(18)26)25-5-3-19-13-23-17-37-15-21-7-9-39-35(30(21)23,41(33)11-1)32(19)27(25)28;14*1-2/h1-8,13-14,17-18,29,38-39H,9-12,15-16H2;1-5,10-11,14-17,28,38-39H,6-9,12-13H2;14*1-2H3/q2*+2;;;;;;;;;;;;;;. The first kappa shape index (κ1) is 85.5. The number of rotatable bonds is 0. The summed E-state index contributed by atoms with van der Waals surface area (Å²) in [4.78, 5) is 14.2. The molecule has 10 aromatic rings. The Hall–Kier alpha value is -8.45. The molecule has 11 nitrogen and oxygen atoms in total. The average molecular weight is 1480 g/mol. The van der Waals surface area contributed by atoms with E-state index in [4.69, 9.17) is 15.0 Å². The molecule has 4 spiro atoms. The molecule has 11 heteroatoms. The second kappa shape index (κ2) is 36.4. The Bertz CT molecular complexity index is 4310. The molecule has 13 heterocycles. The summed E-state index contributed by atoms with van der Waals surface area (Å²) in [6.45, 7) is 59.8. The van der Waals surface area contributed by atoms with E-state index in [9.17, 15) is 0 Å². The van der Waals surface area contributed by atoms with Crippen LogP contribution in [0, 0.1) is 0 Å². The number of aromatic nitrogens is 7. The minimum absolute atomic E-state index is 0.216. The Kier molecular flexibility index (Phi) is 28.3. The molecular formula is C99H137N11+4. The molecule has 5 atom stereocenters. The fourth-order valence-corrected chi connectivity index (χ4v) is 20.9. The highest BCUT2D eigenvalue weighted by Gasteiger charge is 2.73. The average Bonchev–Trinajstić information content (AvgIpc) is 1.38. The lowest BCUT2D eigenvalue weighted by molar-refractivity contribution is -0.887. The molecule has 4 N–H and O–H groups in total. The zero-order valence-electron chi connectivity index (χ0n) is 73.0. The lowest BCUT2D eigenvalue weighted by Crippen LogP contribution is -2.81. The number of nitrogens with one attached hydrogen (secondary N) is 4.